The van der Waals surface area contributed by atoms with Gasteiger partial charge in [-0.3, -0.25) is 0 Å². The molecule has 1 aromatic heterocycles. The van der Waals surface area contributed by atoms with Gasteiger partial charge in [-0.05, 0) is 35.9 Å². The minimum absolute atomic E-state index is 0.147. The van der Waals surface area contributed by atoms with Gasteiger partial charge >= 0.3 is 5.97 Å². The summed E-state index contributed by atoms with van der Waals surface area (Å²) in [5.74, 6) is -0.465. The van der Waals surface area contributed by atoms with Crippen molar-refractivity contribution >= 4 is 44.5 Å². The Balaban J connectivity index is 1.73. The number of carbonyl (C=O) groups is 1. The Hall–Kier alpha value is -1.92. The number of ether oxygens (including phenoxy) is 1. The molecule has 3 aromatic rings. The number of fused-ring (bicyclic) bond motifs is 1. The van der Waals surface area contributed by atoms with Crippen LogP contribution in [0.5, 0.6) is 0 Å². The largest absolute Gasteiger partial charge is 0.457 e. The third-order valence-electron chi connectivity index (χ3n) is 2.90. The van der Waals surface area contributed by atoms with Crippen LogP contribution in [0.15, 0.2) is 40.9 Å². The average molecular weight is 367 g/mol. The number of carbonyl (C=O) groups excluding carboxylic acids is 1. The molecule has 3 rings (SSSR count). The lowest BCUT2D eigenvalue weighted by Crippen LogP contribution is -2.06. The van der Waals surface area contributed by atoms with Crippen LogP contribution in [0.2, 0.25) is 5.02 Å². The lowest BCUT2D eigenvalue weighted by atomic mass is 10.2. The van der Waals surface area contributed by atoms with Crippen molar-refractivity contribution in [2.45, 2.75) is 6.61 Å². The zero-order valence-electron chi connectivity index (χ0n) is 10.6. The van der Waals surface area contributed by atoms with Crippen molar-refractivity contribution in [2.24, 2.45) is 0 Å². The zero-order valence-corrected chi connectivity index (χ0v) is 13.0. The molecule has 5 nitrogen and oxygen atoms in total. The number of esters is 1. The fourth-order valence-electron chi connectivity index (χ4n) is 1.86. The molecular weight excluding hydrogens is 358 g/mol. The van der Waals surface area contributed by atoms with E-state index in [1.807, 2.05) is 18.2 Å². The first kappa shape index (κ1) is 14.0. The second-order valence-corrected chi connectivity index (χ2v) is 5.67. The van der Waals surface area contributed by atoms with Crippen molar-refractivity contribution in [2.75, 3.05) is 0 Å². The number of nitrogens with one attached hydrogen (secondary N) is 1. The molecule has 0 amide bonds. The third-order valence-corrected chi connectivity index (χ3v) is 3.71. The first-order chi connectivity index (χ1) is 10.1. The van der Waals surface area contributed by atoms with Crippen molar-refractivity contribution in [1.82, 2.24) is 15.4 Å². The van der Waals surface area contributed by atoms with Crippen molar-refractivity contribution in [3.05, 3.63) is 57.0 Å². The van der Waals surface area contributed by atoms with E-state index in [0.29, 0.717) is 10.6 Å². The quantitative estimate of drug-likeness (QED) is 0.717. The van der Waals surface area contributed by atoms with E-state index in [2.05, 4.69) is 31.3 Å². The van der Waals surface area contributed by atoms with Gasteiger partial charge in [-0.25, -0.2) is 4.79 Å². The van der Waals surface area contributed by atoms with Crippen molar-refractivity contribution < 1.29 is 9.53 Å². The highest BCUT2D eigenvalue weighted by Gasteiger charge is 2.12. The second kappa shape index (κ2) is 5.83. The first-order valence-electron chi connectivity index (χ1n) is 6.05. The van der Waals surface area contributed by atoms with Gasteiger partial charge in [-0.2, -0.15) is 15.4 Å². The maximum absolute atomic E-state index is 12.0. The minimum atomic E-state index is -0.465. The van der Waals surface area contributed by atoms with E-state index in [9.17, 15) is 4.79 Å². The summed E-state index contributed by atoms with van der Waals surface area (Å²) in [5.41, 5.74) is 2.66. The smallest absolute Gasteiger partial charge is 0.339 e. The van der Waals surface area contributed by atoms with Crippen LogP contribution in [0.3, 0.4) is 0 Å². The average Bonchev–Trinajstić information content (AvgIpc) is 2.92. The van der Waals surface area contributed by atoms with E-state index in [-0.39, 0.29) is 6.61 Å². The van der Waals surface area contributed by atoms with Crippen LogP contribution in [0.1, 0.15) is 15.9 Å². The van der Waals surface area contributed by atoms with Crippen LogP contribution >= 0.6 is 27.5 Å². The molecule has 0 saturated heterocycles. The van der Waals surface area contributed by atoms with E-state index in [1.54, 1.807) is 18.2 Å². The number of halogens is 2. The fraction of sp³-hybridized carbons (Fsp3) is 0.0714. The Kier molecular flexibility index (Phi) is 3.90. The molecule has 7 heteroatoms. The molecule has 0 aliphatic heterocycles. The van der Waals surface area contributed by atoms with Gasteiger partial charge in [-0.1, -0.05) is 33.6 Å². The number of aromatic nitrogens is 3. The normalized spacial score (nSPS) is 10.8. The monoisotopic (exact) mass is 365 g/mol. The molecule has 0 bridgehead atoms. The lowest BCUT2D eigenvalue weighted by Gasteiger charge is -2.06. The molecule has 0 fully saturated rings. The number of benzene rings is 2. The van der Waals surface area contributed by atoms with E-state index in [4.69, 9.17) is 16.3 Å². The third kappa shape index (κ3) is 3.06. The summed E-state index contributed by atoms with van der Waals surface area (Å²) >= 11 is 9.30. The van der Waals surface area contributed by atoms with Crippen molar-refractivity contribution in [3.8, 4) is 0 Å². The molecule has 0 saturated carbocycles. The van der Waals surface area contributed by atoms with Crippen LogP contribution in [0.25, 0.3) is 11.0 Å². The van der Waals surface area contributed by atoms with E-state index in [0.717, 1.165) is 21.1 Å². The Labute approximate surface area is 133 Å². The molecule has 0 spiro atoms. The number of rotatable bonds is 3. The van der Waals surface area contributed by atoms with Gasteiger partial charge in [0.2, 0.25) is 0 Å². The molecule has 2 aromatic carbocycles. The highest BCUT2D eigenvalue weighted by Crippen LogP contribution is 2.22. The molecular formula is C14H9BrClN3O2. The molecule has 1 heterocycles. The van der Waals surface area contributed by atoms with Crippen LogP contribution in [-0.2, 0) is 11.3 Å². The van der Waals surface area contributed by atoms with Gasteiger partial charge in [0.1, 0.15) is 17.6 Å². The molecule has 0 aliphatic carbocycles. The summed E-state index contributed by atoms with van der Waals surface area (Å²) in [6.07, 6.45) is 0. The SMILES string of the molecule is O=C(OCc1ccc2n[nH]nc2c1)c1ccc(Br)cc1Cl. The molecule has 0 unspecified atom stereocenters. The van der Waals surface area contributed by atoms with Gasteiger partial charge in [0.25, 0.3) is 0 Å². The molecule has 1 N–H and O–H groups in total. The van der Waals surface area contributed by atoms with Crippen LogP contribution in [-0.4, -0.2) is 21.4 Å². The van der Waals surface area contributed by atoms with E-state index >= 15 is 0 Å². The Morgan fingerprint density at radius 3 is 2.81 bits per heavy atom. The Bertz CT molecular complexity index is 819. The predicted molar refractivity (Wildman–Crippen MR) is 82.2 cm³/mol. The van der Waals surface area contributed by atoms with E-state index in [1.165, 1.54) is 0 Å². The maximum atomic E-state index is 12.0. The Morgan fingerprint density at radius 2 is 2.00 bits per heavy atom. The standard InChI is InChI=1S/C14H9BrClN3O2/c15-9-2-3-10(11(16)6-9)14(20)21-7-8-1-4-12-13(5-8)18-19-17-12/h1-6H,7H2,(H,17,18,19). The van der Waals surface area contributed by atoms with Crippen LogP contribution < -0.4 is 0 Å². The predicted octanol–water partition coefficient (Wildman–Crippen LogP) is 3.73. The summed E-state index contributed by atoms with van der Waals surface area (Å²) in [6.45, 7) is 0.147. The number of H-pyrrole nitrogens is 1. The van der Waals surface area contributed by atoms with Gasteiger partial charge in [0.05, 0.1) is 10.6 Å². The highest BCUT2D eigenvalue weighted by atomic mass is 79.9. The summed E-state index contributed by atoms with van der Waals surface area (Å²) in [4.78, 5) is 12.0. The van der Waals surface area contributed by atoms with Gasteiger partial charge in [-0.15, -0.1) is 0 Å². The second-order valence-electron chi connectivity index (χ2n) is 4.35. The lowest BCUT2D eigenvalue weighted by molar-refractivity contribution is 0.0473. The molecule has 21 heavy (non-hydrogen) atoms. The number of hydrogen-bond acceptors (Lipinski definition) is 4. The maximum Gasteiger partial charge on any atom is 0.339 e. The number of nitrogens with zero attached hydrogens (tertiary/aromatic N) is 2. The van der Waals surface area contributed by atoms with E-state index < -0.39 is 5.97 Å². The van der Waals surface area contributed by atoms with Gasteiger partial charge in [0, 0.05) is 4.47 Å². The van der Waals surface area contributed by atoms with Crippen LogP contribution in [0.4, 0.5) is 0 Å². The van der Waals surface area contributed by atoms with Crippen molar-refractivity contribution in [3.63, 3.8) is 0 Å². The fourth-order valence-corrected chi connectivity index (χ4v) is 2.61. The highest BCUT2D eigenvalue weighted by molar-refractivity contribution is 9.10. The first-order valence-corrected chi connectivity index (χ1v) is 7.22. The summed E-state index contributed by atoms with van der Waals surface area (Å²) in [5, 5.41) is 10.8. The summed E-state index contributed by atoms with van der Waals surface area (Å²) in [7, 11) is 0. The molecule has 0 radical (unpaired) electrons. The minimum Gasteiger partial charge on any atom is -0.457 e. The summed E-state index contributed by atoms with van der Waals surface area (Å²) in [6, 6.07) is 10.5. The van der Waals surface area contributed by atoms with Crippen molar-refractivity contribution in [1.29, 1.82) is 0 Å². The van der Waals surface area contributed by atoms with Crippen LogP contribution in [0, 0.1) is 0 Å². The number of aromatic amines is 1. The molecule has 106 valence electrons. The molecule has 0 aliphatic rings. The van der Waals surface area contributed by atoms with Gasteiger partial charge < -0.3 is 4.74 Å². The summed E-state index contributed by atoms with van der Waals surface area (Å²) < 4.78 is 6.07. The Morgan fingerprint density at radius 1 is 1.19 bits per heavy atom. The van der Waals surface area contributed by atoms with Gasteiger partial charge in [0.15, 0.2) is 0 Å². The molecule has 0 atom stereocenters. The topological polar surface area (TPSA) is 67.9 Å². The zero-order chi connectivity index (χ0) is 14.8. The number of hydrogen-bond donors (Lipinski definition) is 1.